The average Bonchev–Trinajstić information content (AvgIpc) is 2.93. The average molecular weight is 498 g/mol. The number of aryl methyl sites for hydroxylation is 1. The number of esters is 1. The van der Waals surface area contributed by atoms with Crippen molar-refractivity contribution in [2.24, 2.45) is 16.5 Å². The molecule has 2 aromatic rings. The van der Waals surface area contributed by atoms with Crippen LogP contribution in [0.25, 0.3) is 0 Å². The number of carbonyl (C=O) groups excluding carboxylic acids is 1. The Morgan fingerprint density at radius 1 is 1.23 bits per heavy atom. The summed E-state index contributed by atoms with van der Waals surface area (Å²) < 4.78 is 28.3. The lowest BCUT2D eigenvalue weighted by atomic mass is 9.63. The number of nitrogens with zero attached hydrogens (tertiary/aromatic N) is 1. The first kappa shape index (κ1) is 24.3. The summed E-state index contributed by atoms with van der Waals surface area (Å²) in [7, 11) is -1.28. The van der Waals surface area contributed by atoms with Crippen molar-refractivity contribution in [1.82, 2.24) is 4.90 Å². The lowest BCUT2D eigenvalue weighted by Crippen LogP contribution is -2.65. The van der Waals surface area contributed by atoms with Crippen LogP contribution in [-0.4, -0.2) is 50.7 Å². The first-order valence-electron chi connectivity index (χ1n) is 12.3. The molecule has 3 aliphatic rings. The lowest BCUT2D eigenvalue weighted by molar-refractivity contribution is -0.137. The van der Waals surface area contributed by atoms with Crippen LogP contribution in [0, 0.1) is 11.3 Å². The summed E-state index contributed by atoms with van der Waals surface area (Å²) in [5.74, 6) is 0.162. The third kappa shape index (κ3) is 4.26. The SMILES string of the molecule is CC(C)C(=O)Oc1ccc2c(c1)[C@@]1(C)CC3(C2)CN(C)C3[C@H]1Nc1ccc(CCS(N)(=O)=O)cc1. The zero-order valence-electron chi connectivity index (χ0n) is 20.9. The van der Waals surface area contributed by atoms with Gasteiger partial charge in [-0.1, -0.05) is 39.0 Å². The molecule has 35 heavy (non-hydrogen) atoms. The zero-order valence-corrected chi connectivity index (χ0v) is 21.7. The molecule has 2 bridgehead atoms. The Hall–Kier alpha value is -2.42. The number of primary sulfonamides is 1. The number of anilines is 1. The Morgan fingerprint density at radius 2 is 1.94 bits per heavy atom. The van der Waals surface area contributed by atoms with Crippen LogP contribution >= 0.6 is 0 Å². The largest absolute Gasteiger partial charge is 0.426 e. The van der Waals surface area contributed by atoms with Crippen LogP contribution in [0.5, 0.6) is 5.75 Å². The molecular weight excluding hydrogens is 462 g/mol. The Morgan fingerprint density at radius 3 is 2.57 bits per heavy atom. The highest BCUT2D eigenvalue weighted by Gasteiger charge is 2.68. The van der Waals surface area contributed by atoms with Gasteiger partial charge in [-0.3, -0.25) is 4.79 Å². The molecule has 188 valence electrons. The Balaban J connectivity index is 1.43. The monoisotopic (exact) mass is 497 g/mol. The molecule has 1 saturated carbocycles. The Bertz CT molecular complexity index is 1260. The molecule has 1 heterocycles. The van der Waals surface area contributed by atoms with Crippen LogP contribution in [0.4, 0.5) is 5.69 Å². The molecule has 1 aliphatic heterocycles. The van der Waals surface area contributed by atoms with Gasteiger partial charge in [0.15, 0.2) is 0 Å². The van der Waals surface area contributed by atoms with Crippen molar-refractivity contribution in [3.63, 3.8) is 0 Å². The van der Waals surface area contributed by atoms with E-state index in [0.29, 0.717) is 18.2 Å². The summed E-state index contributed by atoms with van der Waals surface area (Å²) in [5.41, 5.74) is 4.71. The van der Waals surface area contributed by atoms with E-state index in [1.807, 2.05) is 44.2 Å². The van der Waals surface area contributed by atoms with E-state index in [9.17, 15) is 13.2 Å². The molecule has 4 atom stereocenters. The molecule has 1 spiro atoms. The van der Waals surface area contributed by atoms with Crippen molar-refractivity contribution in [2.75, 3.05) is 24.7 Å². The van der Waals surface area contributed by atoms with E-state index in [4.69, 9.17) is 9.88 Å². The van der Waals surface area contributed by atoms with Crippen LogP contribution < -0.4 is 15.2 Å². The number of rotatable bonds is 7. The maximum absolute atomic E-state index is 12.2. The van der Waals surface area contributed by atoms with Crippen molar-refractivity contribution < 1.29 is 17.9 Å². The molecule has 7 nitrogen and oxygen atoms in total. The van der Waals surface area contributed by atoms with Crippen molar-refractivity contribution in [1.29, 1.82) is 0 Å². The van der Waals surface area contributed by atoms with Gasteiger partial charge < -0.3 is 15.0 Å². The van der Waals surface area contributed by atoms with E-state index in [-0.39, 0.29) is 34.5 Å². The third-order valence-electron chi connectivity index (χ3n) is 8.27. The van der Waals surface area contributed by atoms with E-state index in [2.05, 4.69) is 36.3 Å². The van der Waals surface area contributed by atoms with E-state index in [0.717, 1.165) is 30.6 Å². The number of likely N-dealkylation sites (N-methyl/N-ethyl adjacent to an activating group) is 1. The standard InChI is InChI=1S/C27H35N3O4S/c1-17(2)25(31)34-21-10-7-19-14-27-15-26(3,22(19)13-21)23(24(27)30(4)16-27)29-20-8-5-18(6-9-20)11-12-35(28,32)33/h5-10,13,17,23-24,29H,11-12,14-16H2,1-4H3,(H2,28,32,33)/t23-,24?,26-,27?/m1/s1. The highest BCUT2D eigenvalue weighted by molar-refractivity contribution is 7.89. The number of ether oxygens (including phenoxy) is 1. The molecule has 2 fully saturated rings. The zero-order chi connectivity index (χ0) is 25.2. The molecule has 2 aromatic carbocycles. The number of likely N-dealkylation sites (tertiary alicyclic amines) is 1. The van der Waals surface area contributed by atoms with Crippen molar-refractivity contribution in [3.05, 3.63) is 59.2 Å². The first-order chi connectivity index (χ1) is 16.4. The van der Waals surface area contributed by atoms with Gasteiger partial charge in [0.25, 0.3) is 0 Å². The summed E-state index contributed by atoms with van der Waals surface area (Å²) in [4.78, 5) is 14.7. The molecule has 2 unspecified atom stereocenters. The van der Waals surface area contributed by atoms with Crippen LogP contribution in [-0.2, 0) is 33.1 Å². The van der Waals surface area contributed by atoms with Crippen LogP contribution in [0.1, 0.15) is 43.9 Å². The minimum Gasteiger partial charge on any atom is -0.426 e. The van der Waals surface area contributed by atoms with Gasteiger partial charge in [0.05, 0.1) is 17.7 Å². The fraction of sp³-hybridized carbons (Fsp3) is 0.519. The quantitative estimate of drug-likeness (QED) is 0.450. The Kier molecular flexibility index (Phi) is 5.77. The van der Waals surface area contributed by atoms with Gasteiger partial charge in [0, 0.05) is 29.1 Å². The van der Waals surface area contributed by atoms with Gasteiger partial charge in [-0.05, 0) is 67.3 Å². The highest BCUT2D eigenvalue weighted by Crippen LogP contribution is 2.63. The summed E-state index contributed by atoms with van der Waals surface area (Å²) in [5, 5.41) is 8.99. The topological polar surface area (TPSA) is 102 Å². The number of fused-ring (bicyclic) bond motifs is 3. The van der Waals surface area contributed by atoms with Gasteiger partial charge in [0.1, 0.15) is 5.75 Å². The summed E-state index contributed by atoms with van der Waals surface area (Å²) in [6, 6.07) is 14.7. The Labute approximate surface area is 208 Å². The van der Waals surface area contributed by atoms with E-state index >= 15 is 0 Å². The summed E-state index contributed by atoms with van der Waals surface area (Å²) >= 11 is 0. The number of nitrogens with two attached hydrogens (primary N) is 1. The van der Waals surface area contributed by atoms with Crippen LogP contribution in [0.15, 0.2) is 42.5 Å². The fourth-order valence-electron chi connectivity index (χ4n) is 6.85. The summed E-state index contributed by atoms with van der Waals surface area (Å²) in [6.45, 7) is 7.11. The highest BCUT2D eigenvalue weighted by atomic mass is 32.2. The van der Waals surface area contributed by atoms with Gasteiger partial charge >= 0.3 is 5.97 Å². The van der Waals surface area contributed by atoms with Gasteiger partial charge in [0.2, 0.25) is 10.0 Å². The van der Waals surface area contributed by atoms with Crippen molar-refractivity contribution >= 4 is 21.7 Å². The smallest absolute Gasteiger partial charge is 0.313 e. The maximum Gasteiger partial charge on any atom is 0.313 e. The number of hydrogen-bond acceptors (Lipinski definition) is 6. The van der Waals surface area contributed by atoms with Gasteiger partial charge in [-0.15, -0.1) is 0 Å². The van der Waals surface area contributed by atoms with Crippen molar-refractivity contribution in [2.45, 2.75) is 57.5 Å². The first-order valence-corrected chi connectivity index (χ1v) is 14.0. The number of carbonyl (C=O) groups is 1. The summed E-state index contributed by atoms with van der Waals surface area (Å²) in [6.07, 6.45) is 2.53. The molecule has 0 amide bonds. The second-order valence-corrected chi connectivity index (χ2v) is 13.1. The maximum atomic E-state index is 12.2. The normalized spacial score (nSPS) is 29.3. The number of benzene rings is 2. The third-order valence-corrected chi connectivity index (χ3v) is 9.04. The molecule has 8 heteroatoms. The number of hydrogen-bond donors (Lipinski definition) is 2. The van der Waals surface area contributed by atoms with Crippen LogP contribution in [0.3, 0.4) is 0 Å². The minimum absolute atomic E-state index is 0.0592. The van der Waals surface area contributed by atoms with Gasteiger partial charge in [-0.25, -0.2) is 13.6 Å². The molecule has 2 aliphatic carbocycles. The molecular formula is C27H35N3O4S. The lowest BCUT2D eigenvalue weighted by Gasteiger charge is -2.54. The van der Waals surface area contributed by atoms with Gasteiger partial charge in [-0.2, -0.15) is 0 Å². The number of nitrogens with one attached hydrogen (secondary N) is 1. The fourth-order valence-corrected chi connectivity index (χ4v) is 7.37. The molecule has 1 saturated heterocycles. The van der Waals surface area contributed by atoms with Crippen molar-refractivity contribution in [3.8, 4) is 5.75 Å². The second-order valence-electron chi connectivity index (χ2n) is 11.3. The van der Waals surface area contributed by atoms with Crippen LogP contribution in [0.2, 0.25) is 0 Å². The molecule has 5 rings (SSSR count). The van der Waals surface area contributed by atoms with E-state index in [1.54, 1.807) is 0 Å². The second kappa shape index (κ2) is 8.32. The minimum atomic E-state index is -3.48. The predicted octanol–water partition coefficient (Wildman–Crippen LogP) is 3.08. The van der Waals surface area contributed by atoms with E-state index < -0.39 is 10.0 Å². The molecule has 0 aromatic heterocycles. The number of sulfonamides is 1. The molecule has 3 N–H and O–H groups in total. The molecule has 0 radical (unpaired) electrons. The van der Waals surface area contributed by atoms with E-state index in [1.165, 1.54) is 11.1 Å². The predicted molar refractivity (Wildman–Crippen MR) is 137 cm³/mol.